The molecule has 0 aliphatic carbocycles. The van der Waals surface area contributed by atoms with E-state index in [1.807, 2.05) is 6.08 Å². The molecule has 0 spiro atoms. The van der Waals surface area contributed by atoms with Crippen LogP contribution in [-0.2, 0) is 9.47 Å². The van der Waals surface area contributed by atoms with Gasteiger partial charge in [-0.15, -0.1) is 18.4 Å². The lowest BCUT2D eigenvalue weighted by molar-refractivity contribution is -0.0315. The van der Waals surface area contributed by atoms with Gasteiger partial charge in [-0.3, -0.25) is 0 Å². The molecule has 0 saturated carbocycles. The van der Waals surface area contributed by atoms with Gasteiger partial charge in [0.1, 0.15) is 6.79 Å². The number of unbranched alkanes of at least 4 members (excludes halogenated alkanes) is 14. The van der Waals surface area contributed by atoms with Gasteiger partial charge in [-0.05, 0) is 32.1 Å². The van der Waals surface area contributed by atoms with Crippen LogP contribution in [0, 0.1) is 11.8 Å². The third kappa shape index (κ3) is 23.2. The Morgan fingerprint density at radius 1 is 0.680 bits per heavy atom. The lowest BCUT2D eigenvalue weighted by atomic mass is 10.1. The molecule has 0 aromatic heterocycles. The number of hydrogen-bond acceptors (Lipinski definition) is 2. The van der Waals surface area contributed by atoms with Crippen molar-refractivity contribution in [3.05, 3.63) is 12.7 Å². The average Bonchev–Trinajstić information content (AvgIpc) is 2.63. The first-order chi connectivity index (χ1) is 12.4. The smallest absolute Gasteiger partial charge is 0.146 e. The molecule has 0 amide bonds. The van der Waals surface area contributed by atoms with E-state index in [2.05, 4.69) is 18.4 Å². The van der Waals surface area contributed by atoms with Gasteiger partial charge in [0.25, 0.3) is 0 Å². The minimum Gasteiger partial charge on any atom is -0.359 e. The van der Waals surface area contributed by atoms with Gasteiger partial charge in [-0.25, -0.2) is 0 Å². The Morgan fingerprint density at radius 3 is 1.68 bits per heavy atom. The van der Waals surface area contributed by atoms with E-state index in [1.54, 1.807) is 7.11 Å². The van der Waals surface area contributed by atoms with Gasteiger partial charge in [0.2, 0.25) is 0 Å². The van der Waals surface area contributed by atoms with E-state index in [0.717, 1.165) is 25.9 Å². The summed E-state index contributed by atoms with van der Waals surface area (Å²) in [6.07, 6.45) is 22.6. The third-order valence-corrected chi connectivity index (χ3v) is 4.38. The topological polar surface area (TPSA) is 18.5 Å². The average molecular weight is 351 g/mol. The van der Waals surface area contributed by atoms with Crippen LogP contribution in [0.1, 0.15) is 103 Å². The first-order valence-electron chi connectivity index (χ1n) is 10.5. The number of allylic oxidation sites excluding steroid dienone is 1. The SMILES string of the molecule is C=CCCCCCCCCCCCC#CCCCCCCOCOC. The molecule has 0 bridgehead atoms. The summed E-state index contributed by atoms with van der Waals surface area (Å²) in [7, 11) is 1.66. The fourth-order valence-corrected chi connectivity index (χ4v) is 2.83. The van der Waals surface area contributed by atoms with E-state index in [9.17, 15) is 0 Å². The summed E-state index contributed by atoms with van der Waals surface area (Å²) >= 11 is 0. The largest absolute Gasteiger partial charge is 0.359 e. The van der Waals surface area contributed by atoms with Gasteiger partial charge in [-0.1, -0.05) is 63.9 Å². The summed E-state index contributed by atoms with van der Waals surface area (Å²) in [6, 6.07) is 0. The molecule has 25 heavy (non-hydrogen) atoms. The predicted molar refractivity (Wildman–Crippen MR) is 110 cm³/mol. The molecule has 0 rings (SSSR count). The number of rotatable bonds is 19. The lowest BCUT2D eigenvalue weighted by Gasteiger charge is -2.01. The molecule has 0 aliphatic rings. The maximum Gasteiger partial charge on any atom is 0.146 e. The first-order valence-corrected chi connectivity index (χ1v) is 10.5. The molecule has 0 aromatic carbocycles. The van der Waals surface area contributed by atoms with E-state index < -0.39 is 0 Å². The zero-order valence-electron chi connectivity index (χ0n) is 16.8. The Kier molecular flexibility index (Phi) is 22.5. The highest BCUT2D eigenvalue weighted by Gasteiger charge is 1.92. The molecule has 0 heterocycles. The normalized spacial score (nSPS) is 10.4. The highest BCUT2D eigenvalue weighted by atomic mass is 16.7. The van der Waals surface area contributed by atoms with Crippen molar-refractivity contribution < 1.29 is 9.47 Å². The fraction of sp³-hybridized carbons (Fsp3) is 0.826. The summed E-state index contributed by atoms with van der Waals surface area (Å²) in [5.41, 5.74) is 0. The van der Waals surface area contributed by atoms with Crippen molar-refractivity contribution in [3.63, 3.8) is 0 Å². The van der Waals surface area contributed by atoms with Gasteiger partial charge in [0, 0.05) is 26.6 Å². The summed E-state index contributed by atoms with van der Waals surface area (Å²) < 4.78 is 10.1. The summed E-state index contributed by atoms with van der Waals surface area (Å²) in [5, 5.41) is 0. The van der Waals surface area contributed by atoms with E-state index in [4.69, 9.17) is 9.47 Å². The predicted octanol–water partition coefficient (Wildman–Crippen LogP) is 7.04. The molecule has 0 N–H and O–H groups in total. The van der Waals surface area contributed by atoms with Crippen molar-refractivity contribution in [2.75, 3.05) is 20.5 Å². The van der Waals surface area contributed by atoms with Crippen LogP contribution in [0.4, 0.5) is 0 Å². The van der Waals surface area contributed by atoms with E-state index in [0.29, 0.717) is 6.79 Å². The second-order valence-electron chi connectivity index (χ2n) is 6.84. The van der Waals surface area contributed by atoms with Gasteiger partial charge >= 0.3 is 0 Å². The maximum atomic E-state index is 5.26. The minimum atomic E-state index is 0.418. The Bertz CT molecular complexity index is 314. The van der Waals surface area contributed by atoms with Crippen LogP contribution in [0.25, 0.3) is 0 Å². The zero-order chi connectivity index (χ0) is 18.3. The molecule has 146 valence electrons. The van der Waals surface area contributed by atoms with Crippen molar-refractivity contribution in [2.24, 2.45) is 0 Å². The zero-order valence-corrected chi connectivity index (χ0v) is 16.8. The molecule has 0 aromatic rings. The van der Waals surface area contributed by atoms with Gasteiger partial charge in [0.15, 0.2) is 0 Å². The monoisotopic (exact) mass is 350 g/mol. The summed E-state index contributed by atoms with van der Waals surface area (Å²) in [4.78, 5) is 0. The van der Waals surface area contributed by atoms with E-state index in [1.165, 1.54) is 83.5 Å². The van der Waals surface area contributed by atoms with Crippen LogP contribution >= 0.6 is 0 Å². The molecular formula is C23H42O2. The number of ether oxygens (including phenoxy) is 2. The van der Waals surface area contributed by atoms with Crippen LogP contribution in [0.15, 0.2) is 12.7 Å². The van der Waals surface area contributed by atoms with Crippen molar-refractivity contribution in [1.82, 2.24) is 0 Å². The molecule has 0 fully saturated rings. The van der Waals surface area contributed by atoms with E-state index in [-0.39, 0.29) is 0 Å². The quantitative estimate of drug-likeness (QED) is 0.108. The number of methoxy groups -OCH3 is 1. The number of hydrogen-bond donors (Lipinski definition) is 0. The van der Waals surface area contributed by atoms with Crippen LogP contribution in [0.2, 0.25) is 0 Å². The Morgan fingerprint density at radius 2 is 1.16 bits per heavy atom. The van der Waals surface area contributed by atoms with Crippen molar-refractivity contribution in [2.45, 2.75) is 103 Å². The molecule has 0 unspecified atom stereocenters. The van der Waals surface area contributed by atoms with Crippen LogP contribution in [-0.4, -0.2) is 20.5 Å². The van der Waals surface area contributed by atoms with Gasteiger partial charge in [-0.2, -0.15) is 0 Å². The van der Waals surface area contributed by atoms with Gasteiger partial charge in [0.05, 0.1) is 0 Å². The Balaban J connectivity index is 3.08. The lowest BCUT2D eigenvalue weighted by Crippen LogP contribution is -1.98. The Labute approximate surface area is 157 Å². The van der Waals surface area contributed by atoms with Crippen molar-refractivity contribution >= 4 is 0 Å². The molecule has 0 radical (unpaired) electrons. The molecule has 0 atom stereocenters. The third-order valence-electron chi connectivity index (χ3n) is 4.38. The van der Waals surface area contributed by atoms with Crippen LogP contribution in [0.3, 0.4) is 0 Å². The van der Waals surface area contributed by atoms with Crippen molar-refractivity contribution in [3.8, 4) is 11.8 Å². The van der Waals surface area contributed by atoms with Crippen LogP contribution < -0.4 is 0 Å². The minimum absolute atomic E-state index is 0.418. The second kappa shape index (κ2) is 23.2. The molecule has 2 heteroatoms. The van der Waals surface area contributed by atoms with Gasteiger partial charge < -0.3 is 9.47 Å². The van der Waals surface area contributed by atoms with Crippen LogP contribution in [0.5, 0.6) is 0 Å². The molecule has 0 saturated heterocycles. The standard InChI is InChI=1S/C23H42O2/c1-3-4-5-6-7-8-9-10-11-12-13-14-15-16-17-18-19-20-21-22-25-23-24-2/h3H,1,4-14,17-23H2,2H3. The molecule has 2 nitrogen and oxygen atoms in total. The fourth-order valence-electron chi connectivity index (χ4n) is 2.83. The highest BCUT2D eigenvalue weighted by Crippen LogP contribution is 2.11. The summed E-state index contributed by atoms with van der Waals surface area (Å²) in [5.74, 6) is 6.66. The second-order valence-corrected chi connectivity index (χ2v) is 6.84. The molecule has 0 aliphatic heterocycles. The first kappa shape index (κ1) is 24.2. The molecular weight excluding hydrogens is 308 g/mol. The summed E-state index contributed by atoms with van der Waals surface area (Å²) in [6.45, 7) is 5.00. The van der Waals surface area contributed by atoms with E-state index >= 15 is 0 Å². The highest BCUT2D eigenvalue weighted by molar-refractivity contribution is 4.98. The maximum absolute atomic E-state index is 5.26. The Hall–Kier alpha value is -0.780. The van der Waals surface area contributed by atoms with Crippen molar-refractivity contribution in [1.29, 1.82) is 0 Å².